The number of hydrogen-bond donors (Lipinski definition) is 2. The van der Waals surface area contributed by atoms with Crippen LogP contribution in [0.15, 0.2) is 59.7 Å². The molecule has 0 heterocycles. The summed E-state index contributed by atoms with van der Waals surface area (Å²) in [6.45, 7) is 1.78. The van der Waals surface area contributed by atoms with Crippen LogP contribution in [0.4, 0.5) is 0 Å². The van der Waals surface area contributed by atoms with Gasteiger partial charge in [-0.1, -0.05) is 11.6 Å². The van der Waals surface area contributed by atoms with E-state index in [0.29, 0.717) is 45.8 Å². The third kappa shape index (κ3) is 7.87. The summed E-state index contributed by atoms with van der Waals surface area (Å²) in [6, 6.07) is 14.0. The average Bonchev–Trinajstić information content (AvgIpc) is 2.96. The fraction of sp³-hybridized carbons (Fsp3) is 0.214. The van der Waals surface area contributed by atoms with Gasteiger partial charge in [-0.3, -0.25) is 9.59 Å². The van der Waals surface area contributed by atoms with E-state index in [1.807, 2.05) is 0 Å². The summed E-state index contributed by atoms with van der Waals surface area (Å²) < 4.78 is 26.8. The van der Waals surface area contributed by atoms with Crippen molar-refractivity contribution in [2.75, 3.05) is 34.5 Å². The molecule has 3 aromatic carbocycles. The Labute approximate surface area is 236 Å². The van der Waals surface area contributed by atoms with Crippen LogP contribution in [0.3, 0.4) is 0 Å². The topological polar surface area (TPSA) is 134 Å². The Kier molecular flexibility index (Phi) is 10.7. The molecule has 0 aliphatic rings. The number of rotatable bonds is 12. The number of nitrogens with one attached hydrogen (secondary N) is 2. The normalized spacial score (nSPS) is 10.5. The summed E-state index contributed by atoms with van der Waals surface area (Å²) in [5, 5.41) is 6.92. The van der Waals surface area contributed by atoms with Gasteiger partial charge in [0, 0.05) is 10.6 Å². The minimum Gasteiger partial charge on any atom is -0.493 e. The van der Waals surface area contributed by atoms with Gasteiger partial charge in [0.2, 0.25) is 5.75 Å². The van der Waals surface area contributed by atoms with Crippen LogP contribution in [0.1, 0.15) is 33.2 Å². The molecule has 0 aromatic heterocycles. The highest BCUT2D eigenvalue weighted by Crippen LogP contribution is 2.38. The van der Waals surface area contributed by atoms with Crippen LogP contribution in [0, 0.1) is 0 Å². The molecule has 0 fully saturated rings. The van der Waals surface area contributed by atoms with E-state index in [-0.39, 0.29) is 17.9 Å². The van der Waals surface area contributed by atoms with Gasteiger partial charge in [0.15, 0.2) is 23.0 Å². The SMILES string of the molecule is CCOc1cc(C=NNC(=O)CNC(=O)c2cc(OC)c(OC)c(OC)c2)ccc1OC(=O)c1ccc(Cl)cc1. The van der Waals surface area contributed by atoms with Crippen molar-refractivity contribution >= 4 is 35.6 Å². The highest BCUT2D eigenvalue weighted by Gasteiger charge is 2.17. The fourth-order valence-electron chi connectivity index (χ4n) is 3.40. The zero-order valence-electron chi connectivity index (χ0n) is 22.3. The molecule has 2 N–H and O–H groups in total. The van der Waals surface area contributed by atoms with E-state index in [0.717, 1.165) is 0 Å². The van der Waals surface area contributed by atoms with Gasteiger partial charge < -0.3 is 29.0 Å². The third-order valence-electron chi connectivity index (χ3n) is 5.29. The number of hydrazone groups is 1. The zero-order valence-corrected chi connectivity index (χ0v) is 23.0. The van der Waals surface area contributed by atoms with E-state index in [4.69, 9.17) is 35.3 Å². The monoisotopic (exact) mass is 569 g/mol. The lowest BCUT2D eigenvalue weighted by Gasteiger charge is -2.14. The van der Waals surface area contributed by atoms with Crippen LogP contribution >= 0.6 is 11.6 Å². The van der Waals surface area contributed by atoms with Gasteiger partial charge in [0.1, 0.15) is 0 Å². The highest BCUT2D eigenvalue weighted by atomic mass is 35.5. The van der Waals surface area contributed by atoms with Crippen molar-refractivity contribution in [2.45, 2.75) is 6.92 Å². The minimum atomic E-state index is -0.570. The fourth-order valence-corrected chi connectivity index (χ4v) is 3.52. The van der Waals surface area contributed by atoms with Gasteiger partial charge in [-0.15, -0.1) is 0 Å². The summed E-state index contributed by atoms with van der Waals surface area (Å²) in [4.78, 5) is 37.2. The van der Waals surface area contributed by atoms with E-state index >= 15 is 0 Å². The van der Waals surface area contributed by atoms with E-state index < -0.39 is 17.8 Å². The first kappa shape index (κ1) is 29.8. The van der Waals surface area contributed by atoms with Gasteiger partial charge in [0.05, 0.1) is 46.3 Å². The van der Waals surface area contributed by atoms with Gasteiger partial charge in [-0.25, -0.2) is 10.2 Å². The molecule has 11 nitrogen and oxygen atoms in total. The highest BCUT2D eigenvalue weighted by molar-refractivity contribution is 6.30. The second-order valence-corrected chi connectivity index (χ2v) is 8.36. The number of amides is 2. The van der Waals surface area contributed by atoms with Crippen LogP contribution in [0.25, 0.3) is 0 Å². The molecule has 12 heteroatoms. The Morgan fingerprint density at radius 3 is 2.12 bits per heavy atom. The Hall–Kier alpha value is -4.77. The number of benzene rings is 3. The standard InChI is InChI=1S/C28H28ClN3O8/c1-5-39-22-12-17(6-11-21(22)40-28(35)18-7-9-20(29)10-8-18)15-31-32-25(33)16-30-27(34)19-13-23(36-2)26(38-4)24(14-19)37-3/h6-15H,5,16H2,1-4H3,(H,30,34)(H,32,33). The van der Waals surface area contributed by atoms with Gasteiger partial charge in [-0.2, -0.15) is 5.10 Å². The van der Waals surface area contributed by atoms with Crippen molar-refractivity contribution in [3.63, 3.8) is 0 Å². The van der Waals surface area contributed by atoms with Crippen molar-refractivity contribution < 1.29 is 38.1 Å². The molecule has 2 amide bonds. The lowest BCUT2D eigenvalue weighted by Crippen LogP contribution is -2.34. The Balaban J connectivity index is 1.59. The van der Waals surface area contributed by atoms with Gasteiger partial charge >= 0.3 is 5.97 Å². The second-order valence-electron chi connectivity index (χ2n) is 7.93. The molecular weight excluding hydrogens is 542 g/mol. The van der Waals surface area contributed by atoms with Crippen molar-refractivity contribution in [3.05, 3.63) is 76.3 Å². The molecule has 0 spiro atoms. The molecule has 0 unspecified atom stereocenters. The lowest BCUT2D eigenvalue weighted by atomic mass is 10.1. The van der Waals surface area contributed by atoms with Crippen LogP contribution in [-0.4, -0.2) is 58.5 Å². The number of methoxy groups -OCH3 is 3. The van der Waals surface area contributed by atoms with Crippen LogP contribution < -0.4 is 34.4 Å². The predicted molar refractivity (Wildman–Crippen MR) is 148 cm³/mol. The van der Waals surface area contributed by atoms with E-state index in [1.54, 1.807) is 49.4 Å². The maximum atomic E-state index is 12.6. The van der Waals surface area contributed by atoms with Crippen molar-refractivity contribution in [3.8, 4) is 28.7 Å². The molecule has 0 atom stereocenters. The predicted octanol–water partition coefficient (Wildman–Crippen LogP) is 3.86. The number of nitrogens with zero attached hydrogens (tertiary/aromatic N) is 1. The van der Waals surface area contributed by atoms with Gasteiger partial charge in [-0.05, 0) is 67.1 Å². The molecule has 3 aromatic rings. The van der Waals surface area contributed by atoms with Crippen molar-refractivity contribution in [2.24, 2.45) is 5.10 Å². The van der Waals surface area contributed by atoms with E-state index in [2.05, 4.69) is 15.8 Å². The lowest BCUT2D eigenvalue weighted by molar-refractivity contribution is -0.120. The quantitative estimate of drug-likeness (QED) is 0.145. The van der Waals surface area contributed by atoms with E-state index in [1.165, 1.54) is 39.7 Å². The van der Waals surface area contributed by atoms with Crippen LogP contribution in [-0.2, 0) is 4.79 Å². The third-order valence-corrected chi connectivity index (χ3v) is 5.54. The number of halogens is 1. The smallest absolute Gasteiger partial charge is 0.343 e. The number of hydrogen-bond acceptors (Lipinski definition) is 9. The van der Waals surface area contributed by atoms with Crippen molar-refractivity contribution in [1.82, 2.24) is 10.7 Å². The largest absolute Gasteiger partial charge is 0.493 e. The summed E-state index contributed by atoms with van der Waals surface area (Å²) >= 11 is 5.87. The average molecular weight is 570 g/mol. The Bertz CT molecular complexity index is 1370. The van der Waals surface area contributed by atoms with E-state index in [9.17, 15) is 14.4 Å². The number of ether oxygens (including phenoxy) is 5. The zero-order chi connectivity index (χ0) is 29.1. The summed E-state index contributed by atoms with van der Waals surface area (Å²) in [5.41, 5.74) is 3.45. The number of esters is 1. The maximum absolute atomic E-state index is 12.6. The second kappa shape index (κ2) is 14.4. The first-order valence-electron chi connectivity index (χ1n) is 11.9. The molecule has 40 heavy (non-hydrogen) atoms. The molecule has 210 valence electrons. The van der Waals surface area contributed by atoms with Gasteiger partial charge in [0.25, 0.3) is 11.8 Å². The summed E-state index contributed by atoms with van der Waals surface area (Å²) in [5.74, 6) is -0.167. The molecule has 0 saturated heterocycles. The first-order valence-corrected chi connectivity index (χ1v) is 12.3. The molecule has 0 radical (unpaired) electrons. The first-order chi connectivity index (χ1) is 19.3. The maximum Gasteiger partial charge on any atom is 0.343 e. The molecule has 3 rings (SSSR count). The molecule has 0 saturated carbocycles. The number of carbonyl (C=O) groups excluding carboxylic acids is 3. The molecule has 0 aliphatic heterocycles. The summed E-state index contributed by atoms with van der Waals surface area (Å²) in [6.07, 6.45) is 1.38. The summed E-state index contributed by atoms with van der Waals surface area (Å²) in [7, 11) is 4.32. The Morgan fingerprint density at radius 2 is 1.52 bits per heavy atom. The Morgan fingerprint density at radius 1 is 0.850 bits per heavy atom. The van der Waals surface area contributed by atoms with Crippen LogP contribution in [0.5, 0.6) is 28.7 Å². The molecule has 0 bridgehead atoms. The number of carbonyl (C=O) groups is 3. The molecular formula is C28H28ClN3O8. The molecule has 0 aliphatic carbocycles. The van der Waals surface area contributed by atoms with Crippen molar-refractivity contribution in [1.29, 1.82) is 0 Å². The van der Waals surface area contributed by atoms with Crippen LogP contribution in [0.2, 0.25) is 5.02 Å². The minimum absolute atomic E-state index is 0.214.